The zero-order valence-corrected chi connectivity index (χ0v) is 29.4. The van der Waals surface area contributed by atoms with Gasteiger partial charge < -0.3 is 18.6 Å². The van der Waals surface area contributed by atoms with Crippen molar-refractivity contribution >= 4 is 45.4 Å². The van der Waals surface area contributed by atoms with E-state index >= 15 is 4.57 Å². The molecule has 0 radical (unpaired) electrons. The van der Waals surface area contributed by atoms with Gasteiger partial charge in [-0.2, -0.15) is 0 Å². The Balaban J connectivity index is 0.00000109. The lowest BCUT2D eigenvalue weighted by atomic mass is 10.0. The number of ether oxygens (including phenoxy) is 2. The van der Waals surface area contributed by atoms with Crippen molar-refractivity contribution in [1.82, 2.24) is 4.57 Å². The Morgan fingerprint density at radius 3 is 1.98 bits per heavy atom. The van der Waals surface area contributed by atoms with E-state index in [9.17, 15) is 0 Å². The monoisotopic (exact) mass is 655 g/mol. The molecule has 5 aromatic carbocycles. The summed E-state index contributed by atoms with van der Waals surface area (Å²) in [6, 6.07) is 36.1. The average molecular weight is 656 g/mol. The van der Waals surface area contributed by atoms with E-state index in [2.05, 4.69) is 60.2 Å². The largest absolute Gasteiger partial charge is 0.495 e. The van der Waals surface area contributed by atoms with Gasteiger partial charge in [0.25, 0.3) is 0 Å². The van der Waals surface area contributed by atoms with Crippen molar-refractivity contribution in [2.24, 2.45) is 0 Å². The molecule has 1 aliphatic rings. The van der Waals surface area contributed by atoms with Crippen LogP contribution in [0.25, 0.3) is 44.2 Å². The standard InChI is InChI=1S/C38H30NO4P.2C2H6/c1-5-28-29-19-13-14-20-34(29)44(40,43-32(28)6-2)35-24-33(41-3)37-36(38(35)42-4)30-23-26(25-15-9-7-10-16-25)21-22-31(30)39(37)27-17-11-8-12-18-27;2*1-2/h5-24H,1-2H2,3-4H3;2*1-2H3. The molecule has 48 heavy (non-hydrogen) atoms. The second-order valence-corrected chi connectivity index (χ2v) is 12.7. The summed E-state index contributed by atoms with van der Waals surface area (Å²) in [5.74, 6) is 1.42. The number of fused-ring (bicyclic) bond motifs is 4. The fourth-order valence-electron chi connectivity index (χ4n) is 6.24. The fraction of sp³-hybridized carbons (Fsp3) is 0.143. The number of hydrogen-bond acceptors (Lipinski definition) is 4. The van der Waals surface area contributed by atoms with Gasteiger partial charge in [-0.05, 0) is 53.1 Å². The number of para-hydroxylation sites is 1. The SMILES string of the molecule is C=CC1=C(C=C)c2ccccc2P(=O)(c2cc(OC)c3c(c2OC)c2cc(-c4ccccc4)ccc2n3-c2ccccc2)O1.CC.CC. The summed E-state index contributed by atoms with van der Waals surface area (Å²) in [6.07, 6.45) is 3.29. The van der Waals surface area contributed by atoms with Crippen molar-refractivity contribution < 1.29 is 18.6 Å². The van der Waals surface area contributed by atoms with E-state index in [1.807, 2.05) is 88.4 Å². The molecule has 0 fully saturated rings. The first-order chi connectivity index (χ1) is 23.5. The second kappa shape index (κ2) is 14.7. The zero-order valence-electron chi connectivity index (χ0n) is 28.5. The molecule has 0 spiro atoms. The Kier molecular flexibility index (Phi) is 10.4. The molecule has 244 valence electrons. The predicted molar refractivity (Wildman–Crippen MR) is 204 cm³/mol. The van der Waals surface area contributed by atoms with Gasteiger partial charge in [-0.15, -0.1) is 0 Å². The molecule has 7 rings (SSSR count). The Labute approximate surface area is 283 Å². The highest BCUT2D eigenvalue weighted by Gasteiger charge is 2.42. The normalized spacial score (nSPS) is 14.9. The van der Waals surface area contributed by atoms with E-state index in [-0.39, 0.29) is 0 Å². The topological polar surface area (TPSA) is 49.7 Å². The highest BCUT2D eigenvalue weighted by atomic mass is 31.2. The van der Waals surface area contributed by atoms with Crippen LogP contribution in [-0.2, 0) is 9.09 Å². The summed E-state index contributed by atoms with van der Waals surface area (Å²) >= 11 is 0. The van der Waals surface area contributed by atoms with Gasteiger partial charge in [-0.1, -0.05) is 120 Å². The summed E-state index contributed by atoms with van der Waals surface area (Å²) in [6.45, 7) is 15.9. The number of rotatable bonds is 7. The van der Waals surface area contributed by atoms with Crippen molar-refractivity contribution in [3.63, 3.8) is 0 Å². The molecule has 1 aliphatic heterocycles. The van der Waals surface area contributed by atoms with Crippen LogP contribution in [0.3, 0.4) is 0 Å². The lowest BCUT2D eigenvalue weighted by molar-refractivity contribution is 0.407. The zero-order chi connectivity index (χ0) is 34.4. The molecule has 0 saturated heterocycles. The molecule has 6 aromatic rings. The molecule has 2 heterocycles. The van der Waals surface area contributed by atoms with Crippen LogP contribution in [0.5, 0.6) is 11.5 Å². The van der Waals surface area contributed by atoms with Gasteiger partial charge in [-0.25, -0.2) is 0 Å². The van der Waals surface area contributed by atoms with Crippen LogP contribution in [0.4, 0.5) is 0 Å². The van der Waals surface area contributed by atoms with Crippen LogP contribution < -0.4 is 20.1 Å². The maximum atomic E-state index is 15.4. The van der Waals surface area contributed by atoms with Gasteiger partial charge in [0.2, 0.25) is 0 Å². The van der Waals surface area contributed by atoms with Gasteiger partial charge in [-0.3, -0.25) is 4.57 Å². The lowest BCUT2D eigenvalue weighted by Gasteiger charge is -2.30. The molecule has 1 aromatic heterocycles. The van der Waals surface area contributed by atoms with Crippen LogP contribution >= 0.6 is 7.37 Å². The Morgan fingerprint density at radius 2 is 1.35 bits per heavy atom. The first-order valence-electron chi connectivity index (χ1n) is 16.3. The van der Waals surface area contributed by atoms with Gasteiger partial charge in [0, 0.05) is 22.7 Å². The second-order valence-electron chi connectivity index (χ2n) is 10.5. The molecule has 0 bridgehead atoms. The number of hydrogen-bond donors (Lipinski definition) is 0. The minimum absolute atomic E-state index is 0.404. The molecule has 0 N–H and O–H groups in total. The van der Waals surface area contributed by atoms with Crippen molar-refractivity contribution in [2.75, 3.05) is 14.2 Å². The van der Waals surface area contributed by atoms with Gasteiger partial charge in [0.15, 0.2) is 0 Å². The smallest absolute Gasteiger partial charge is 0.311 e. The predicted octanol–water partition coefficient (Wildman–Crippen LogP) is 10.9. The summed E-state index contributed by atoms with van der Waals surface area (Å²) < 4.78 is 36.3. The van der Waals surface area contributed by atoms with Crippen LogP contribution in [-0.4, -0.2) is 18.8 Å². The van der Waals surface area contributed by atoms with E-state index in [1.165, 1.54) is 0 Å². The Morgan fingerprint density at radius 1 is 0.708 bits per heavy atom. The van der Waals surface area contributed by atoms with Gasteiger partial charge >= 0.3 is 7.37 Å². The fourth-order valence-corrected chi connectivity index (χ4v) is 8.70. The number of allylic oxidation sites excluding steroid dienone is 3. The van der Waals surface area contributed by atoms with Crippen molar-refractivity contribution in [3.05, 3.63) is 146 Å². The maximum Gasteiger partial charge on any atom is 0.311 e. The van der Waals surface area contributed by atoms with Crippen LogP contribution in [0.2, 0.25) is 0 Å². The van der Waals surface area contributed by atoms with Crippen LogP contribution in [0.1, 0.15) is 33.3 Å². The minimum Gasteiger partial charge on any atom is -0.495 e. The molecular weight excluding hydrogens is 613 g/mol. The van der Waals surface area contributed by atoms with E-state index in [0.29, 0.717) is 27.9 Å². The first-order valence-corrected chi connectivity index (χ1v) is 17.9. The van der Waals surface area contributed by atoms with E-state index < -0.39 is 7.37 Å². The average Bonchev–Trinajstić information content (AvgIpc) is 3.51. The highest BCUT2D eigenvalue weighted by molar-refractivity contribution is 7.75. The van der Waals surface area contributed by atoms with Crippen molar-refractivity contribution in [2.45, 2.75) is 27.7 Å². The summed E-state index contributed by atoms with van der Waals surface area (Å²) in [5, 5.41) is 2.70. The van der Waals surface area contributed by atoms with Crippen molar-refractivity contribution in [1.29, 1.82) is 0 Å². The van der Waals surface area contributed by atoms with E-state index in [1.54, 1.807) is 32.4 Å². The first kappa shape index (κ1) is 34.1. The summed E-state index contributed by atoms with van der Waals surface area (Å²) in [7, 11) is -0.540. The highest BCUT2D eigenvalue weighted by Crippen LogP contribution is 2.57. The molecule has 0 saturated carbocycles. The molecule has 0 amide bonds. The third-order valence-corrected chi connectivity index (χ3v) is 10.6. The number of methoxy groups -OCH3 is 2. The van der Waals surface area contributed by atoms with E-state index in [0.717, 1.165) is 49.8 Å². The third-order valence-electron chi connectivity index (χ3n) is 8.18. The molecule has 5 nitrogen and oxygen atoms in total. The number of nitrogens with zero attached hydrogens (tertiary/aromatic N) is 1. The minimum atomic E-state index is -3.78. The Hall–Kier alpha value is -5.25. The maximum absolute atomic E-state index is 15.4. The molecular formula is C42H42NO4P. The lowest BCUT2D eigenvalue weighted by Crippen LogP contribution is -2.26. The van der Waals surface area contributed by atoms with Crippen LogP contribution in [0.15, 0.2) is 140 Å². The molecule has 6 heteroatoms. The van der Waals surface area contributed by atoms with E-state index in [4.69, 9.17) is 14.0 Å². The Bertz CT molecular complexity index is 2180. The van der Waals surface area contributed by atoms with Gasteiger partial charge in [0.1, 0.15) is 22.8 Å². The number of benzene rings is 5. The van der Waals surface area contributed by atoms with Crippen molar-refractivity contribution in [3.8, 4) is 28.3 Å². The van der Waals surface area contributed by atoms with Crippen LogP contribution in [0, 0.1) is 0 Å². The van der Waals surface area contributed by atoms with Gasteiger partial charge in [0.05, 0.1) is 35.7 Å². The molecule has 1 unspecified atom stereocenters. The molecule has 0 aliphatic carbocycles. The molecule has 1 atom stereocenters. The quantitative estimate of drug-likeness (QED) is 0.161. The third kappa shape index (κ3) is 5.55. The summed E-state index contributed by atoms with van der Waals surface area (Å²) in [4.78, 5) is 0. The summed E-state index contributed by atoms with van der Waals surface area (Å²) in [5.41, 5.74) is 6.40. The number of aromatic nitrogens is 1.